The minimum absolute atomic E-state index is 0. The van der Waals surface area contributed by atoms with Crippen LogP contribution >= 0.6 is 0 Å². The molecule has 0 spiro atoms. The Morgan fingerprint density at radius 3 is 2.38 bits per heavy atom. The number of hydrogen-bond donors (Lipinski definition) is 0. The molecular weight excluding hydrogens is 247 g/mol. The molecule has 0 aromatic heterocycles. The molecule has 0 saturated heterocycles. The summed E-state index contributed by atoms with van der Waals surface area (Å²) in [5.74, 6) is 0.294. The molecule has 0 aliphatic heterocycles. The molecule has 0 unspecified atom stereocenters. The van der Waals surface area contributed by atoms with Crippen molar-refractivity contribution < 1.29 is 26.1 Å². The molecule has 0 N–H and O–H groups in total. The predicted molar refractivity (Wildman–Crippen MR) is 46.8 cm³/mol. The van der Waals surface area contributed by atoms with Crippen LogP contribution in [-0.4, -0.2) is 29.2 Å². The van der Waals surface area contributed by atoms with Crippen LogP contribution < -0.4 is 21.7 Å². The van der Waals surface area contributed by atoms with Gasteiger partial charge in [-0.3, -0.25) is 4.39 Å². The Kier molecular flexibility index (Phi) is 9.14. The van der Waals surface area contributed by atoms with Crippen LogP contribution in [0.5, 0.6) is 5.75 Å². The Hall–Kier alpha value is 0.196. The zero-order valence-corrected chi connectivity index (χ0v) is 10.7. The molecule has 68 valence electrons. The Morgan fingerprint density at radius 1 is 1.38 bits per heavy atom. The smallest absolute Gasteiger partial charge is 1.00 e. The van der Waals surface area contributed by atoms with Gasteiger partial charge in [0.15, 0.2) is 0 Å². The van der Waals surface area contributed by atoms with E-state index in [0.29, 0.717) is 5.75 Å². The molecule has 1 aromatic rings. The molecule has 0 aliphatic rings. The zero-order chi connectivity index (χ0) is 8.27. The van der Waals surface area contributed by atoms with Crippen molar-refractivity contribution in [3.05, 3.63) is 30.1 Å². The van der Waals surface area contributed by atoms with E-state index >= 15 is 0 Å². The van der Waals surface area contributed by atoms with E-state index in [-0.39, 0.29) is 52.0 Å². The van der Waals surface area contributed by atoms with Crippen LogP contribution in [0.25, 0.3) is 0 Å². The molecule has 0 radical (unpaired) electrons. The summed E-state index contributed by atoms with van der Waals surface area (Å²) in [4.78, 5) is 0. The molecule has 0 saturated carbocycles. The second-order valence-corrected chi connectivity index (χ2v) is 2.54. The van der Waals surface area contributed by atoms with Gasteiger partial charge < -0.3 is 21.7 Å². The van der Waals surface area contributed by atoms with E-state index in [0.717, 1.165) is 0 Å². The SMILES string of the molecule is CC(C)Oc1[c-]cc(F)cc1.[Br-].[Mg+2]. The molecule has 0 fully saturated rings. The first kappa shape index (κ1) is 15.7. The van der Waals surface area contributed by atoms with E-state index in [1.165, 1.54) is 12.1 Å². The van der Waals surface area contributed by atoms with Gasteiger partial charge in [0.25, 0.3) is 0 Å². The van der Waals surface area contributed by atoms with Crippen molar-refractivity contribution in [2.75, 3.05) is 0 Å². The third-order valence-corrected chi connectivity index (χ3v) is 1.11. The monoisotopic (exact) mass is 256 g/mol. The number of hydrogen-bond acceptors (Lipinski definition) is 1. The molecule has 1 rings (SSSR count). The van der Waals surface area contributed by atoms with Gasteiger partial charge in [-0.25, -0.2) is 0 Å². The summed E-state index contributed by atoms with van der Waals surface area (Å²) in [5.41, 5.74) is 0. The van der Waals surface area contributed by atoms with Crippen molar-refractivity contribution in [1.29, 1.82) is 0 Å². The van der Waals surface area contributed by atoms with Gasteiger partial charge in [0.05, 0.1) is 6.10 Å². The first-order chi connectivity index (χ1) is 5.18. The summed E-state index contributed by atoms with van der Waals surface area (Å²) in [6, 6.07) is 6.85. The Labute approximate surface area is 105 Å². The normalized spacial score (nSPS) is 8.62. The van der Waals surface area contributed by atoms with Crippen LogP contribution in [0.1, 0.15) is 13.8 Å². The molecule has 0 aliphatic carbocycles. The molecular formula is C9H10BrFMgO. The van der Waals surface area contributed by atoms with Crippen molar-refractivity contribution >= 4 is 23.1 Å². The summed E-state index contributed by atoms with van der Waals surface area (Å²) in [6.45, 7) is 3.83. The van der Waals surface area contributed by atoms with Crippen LogP contribution in [0.2, 0.25) is 0 Å². The van der Waals surface area contributed by atoms with E-state index in [1.54, 1.807) is 6.07 Å². The van der Waals surface area contributed by atoms with Crippen molar-refractivity contribution in [2.45, 2.75) is 20.0 Å². The van der Waals surface area contributed by atoms with Gasteiger partial charge >= 0.3 is 23.1 Å². The van der Waals surface area contributed by atoms with Gasteiger partial charge in [-0.05, 0) is 13.8 Å². The van der Waals surface area contributed by atoms with E-state index in [9.17, 15) is 4.39 Å². The summed E-state index contributed by atoms with van der Waals surface area (Å²) < 4.78 is 17.6. The quantitative estimate of drug-likeness (QED) is 0.490. The molecule has 4 heteroatoms. The molecule has 1 nitrogen and oxygen atoms in total. The van der Waals surface area contributed by atoms with Gasteiger partial charge in [0.1, 0.15) is 0 Å². The molecule has 1 aromatic carbocycles. The second-order valence-electron chi connectivity index (χ2n) is 2.54. The van der Waals surface area contributed by atoms with Crippen molar-refractivity contribution in [3.8, 4) is 5.75 Å². The number of halogens is 2. The van der Waals surface area contributed by atoms with Crippen molar-refractivity contribution in [3.63, 3.8) is 0 Å². The number of rotatable bonds is 2. The standard InChI is InChI=1S/C9H10FO.BrH.Mg/c1-7(2)11-9-5-3-8(10)4-6-9;;/h3-5,7H,1-2H3;1H;/q-1;;+2/p-1. The third kappa shape index (κ3) is 6.29. The van der Waals surface area contributed by atoms with Gasteiger partial charge in [0.2, 0.25) is 0 Å². The van der Waals surface area contributed by atoms with Crippen LogP contribution in [0.15, 0.2) is 18.2 Å². The predicted octanol–water partition coefficient (Wildman–Crippen LogP) is -0.964. The van der Waals surface area contributed by atoms with E-state index in [4.69, 9.17) is 4.74 Å². The fraction of sp³-hybridized carbons (Fsp3) is 0.333. The summed E-state index contributed by atoms with van der Waals surface area (Å²) in [7, 11) is 0. The van der Waals surface area contributed by atoms with Gasteiger partial charge in [-0.2, -0.15) is 0 Å². The van der Waals surface area contributed by atoms with E-state index in [1.807, 2.05) is 13.8 Å². The maximum Gasteiger partial charge on any atom is 2.00 e. The Balaban J connectivity index is 0. The molecule has 0 amide bonds. The maximum atomic E-state index is 12.3. The Bertz CT molecular complexity index is 226. The zero-order valence-electron chi connectivity index (χ0n) is 7.68. The average Bonchev–Trinajstić information content (AvgIpc) is 1.93. The van der Waals surface area contributed by atoms with Gasteiger partial charge in [0, 0.05) is 11.6 Å². The van der Waals surface area contributed by atoms with Crippen molar-refractivity contribution in [2.24, 2.45) is 0 Å². The van der Waals surface area contributed by atoms with Crippen LogP contribution in [0.4, 0.5) is 4.39 Å². The Morgan fingerprint density at radius 2 is 2.00 bits per heavy atom. The summed E-state index contributed by atoms with van der Waals surface area (Å²) in [6.07, 6.45) is 0.108. The van der Waals surface area contributed by atoms with Crippen LogP contribution in [0, 0.1) is 11.9 Å². The first-order valence-corrected chi connectivity index (χ1v) is 3.52. The average molecular weight is 257 g/mol. The van der Waals surface area contributed by atoms with E-state index in [2.05, 4.69) is 6.07 Å². The maximum absolute atomic E-state index is 12.3. The van der Waals surface area contributed by atoms with Crippen LogP contribution in [-0.2, 0) is 0 Å². The second kappa shape index (κ2) is 7.59. The number of ether oxygens (including phenoxy) is 1. The molecule has 0 atom stereocenters. The molecule has 0 heterocycles. The third-order valence-electron chi connectivity index (χ3n) is 1.11. The largest absolute Gasteiger partial charge is 2.00 e. The van der Waals surface area contributed by atoms with Gasteiger partial charge in [-0.1, -0.05) is 0 Å². The van der Waals surface area contributed by atoms with E-state index < -0.39 is 0 Å². The van der Waals surface area contributed by atoms with Crippen LogP contribution in [0.3, 0.4) is 0 Å². The topological polar surface area (TPSA) is 9.23 Å². The molecule has 13 heavy (non-hydrogen) atoms. The summed E-state index contributed by atoms with van der Waals surface area (Å²) >= 11 is 0. The molecule has 0 bridgehead atoms. The number of benzene rings is 1. The fourth-order valence-electron chi connectivity index (χ4n) is 0.719. The minimum Gasteiger partial charge on any atom is -1.00 e. The summed E-state index contributed by atoms with van der Waals surface area (Å²) in [5, 5.41) is 0. The fourth-order valence-corrected chi connectivity index (χ4v) is 0.719. The van der Waals surface area contributed by atoms with Crippen molar-refractivity contribution in [1.82, 2.24) is 0 Å². The van der Waals surface area contributed by atoms with Gasteiger partial charge in [-0.15, -0.1) is 24.3 Å². The minimum atomic E-state index is -0.291. The first-order valence-electron chi connectivity index (χ1n) is 3.52.